The second kappa shape index (κ2) is 5.31. The lowest BCUT2D eigenvalue weighted by atomic mass is 9.99. The highest BCUT2D eigenvalue weighted by Gasteiger charge is 2.20. The van der Waals surface area contributed by atoms with Crippen molar-refractivity contribution in [3.05, 3.63) is 52.5 Å². The number of carbonyl (C=O) groups excluding carboxylic acids is 1. The largest absolute Gasteiger partial charge is 0.508 e. The summed E-state index contributed by atoms with van der Waals surface area (Å²) in [5, 5.41) is 9.81. The van der Waals surface area contributed by atoms with Crippen LogP contribution < -0.4 is 0 Å². The SMILES string of the molecule is CCc1c(Cc2ccccc2O)oc(C)c1C(C)=O. The van der Waals surface area contributed by atoms with Gasteiger partial charge >= 0.3 is 0 Å². The van der Waals surface area contributed by atoms with Crippen LogP contribution in [-0.2, 0) is 12.8 Å². The summed E-state index contributed by atoms with van der Waals surface area (Å²) in [5.41, 5.74) is 2.45. The number of furan rings is 1. The van der Waals surface area contributed by atoms with Gasteiger partial charge in [-0.2, -0.15) is 0 Å². The molecule has 0 saturated carbocycles. The van der Waals surface area contributed by atoms with E-state index in [0.717, 1.165) is 23.3 Å². The van der Waals surface area contributed by atoms with Gasteiger partial charge < -0.3 is 9.52 Å². The highest BCUT2D eigenvalue weighted by Crippen LogP contribution is 2.28. The quantitative estimate of drug-likeness (QED) is 0.852. The maximum absolute atomic E-state index is 11.7. The van der Waals surface area contributed by atoms with Crippen molar-refractivity contribution < 1.29 is 14.3 Å². The van der Waals surface area contributed by atoms with Crippen LogP contribution in [0.1, 0.15) is 46.9 Å². The number of phenolic OH excluding ortho intramolecular Hbond substituents is 1. The number of aromatic hydroxyl groups is 1. The van der Waals surface area contributed by atoms with Crippen LogP contribution in [0.5, 0.6) is 5.75 Å². The molecule has 0 unspecified atom stereocenters. The summed E-state index contributed by atoms with van der Waals surface area (Å²) in [5.74, 6) is 1.71. The van der Waals surface area contributed by atoms with E-state index >= 15 is 0 Å². The highest BCUT2D eigenvalue weighted by atomic mass is 16.3. The predicted octanol–water partition coefficient (Wildman–Crippen LogP) is 3.65. The van der Waals surface area contributed by atoms with Crippen LogP contribution in [0.2, 0.25) is 0 Å². The molecular weight excluding hydrogens is 240 g/mol. The number of hydrogen-bond donors (Lipinski definition) is 1. The molecule has 1 aromatic heterocycles. The molecule has 0 atom stereocenters. The summed E-state index contributed by atoms with van der Waals surface area (Å²) in [4.78, 5) is 11.7. The molecule has 0 saturated heterocycles. The summed E-state index contributed by atoms with van der Waals surface area (Å²) in [7, 11) is 0. The molecule has 3 nitrogen and oxygen atoms in total. The molecule has 2 rings (SSSR count). The minimum absolute atomic E-state index is 0.0293. The summed E-state index contributed by atoms with van der Waals surface area (Å²) in [6.45, 7) is 5.37. The molecule has 0 spiro atoms. The fraction of sp³-hybridized carbons (Fsp3) is 0.312. The number of rotatable bonds is 4. The first kappa shape index (κ1) is 13.4. The van der Waals surface area contributed by atoms with Crippen molar-refractivity contribution >= 4 is 5.78 Å². The first-order chi connectivity index (χ1) is 9.04. The van der Waals surface area contributed by atoms with Crippen LogP contribution in [0.15, 0.2) is 28.7 Å². The number of carbonyl (C=O) groups is 1. The molecule has 1 heterocycles. The number of hydrogen-bond acceptors (Lipinski definition) is 3. The molecule has 19 heavy (non-hydrogen) atoms. The second-order valence-corrected chi connectivity index (χ2v) is 4.65. The lowest BCUT2D eigenvalue weighted by molar-refractivity contribution is 0.101. The third kappa shape index (κ3) is 2.55. The Bertz CT molecular complexity index is 608. The first-order valence-electron chi connectivity index (χ1n) is 6.43. The van der Waals surface area contributed by atoms with Crippen LogP contribution >= 0.6 is 0 Å². The Kier molecular flexibility index (Phi) is 3.74. The van der Waals surface area contributed by atoms with E-state index < -0.39 is 0 Å². The van der Waals surface area contributed by atoms with Gasteiger partial charge in [-0.05, 0) is 26.3 Å². The van der Waals surface area contributed by atoms with Gasteiger partial charge in [0.2, 0.25) is 0 Å². The van der Waals surface area contributed by atoms with E-state index in [1.54, 1.807) is 19.1 Å². The molecule has 3 heteroatoms. The zero-order chi connectivity index (χ0) is 14.0. The normalized spacial score (nSPS) is 10.7. The third-order valence-electron chi connectivity index (χ3n) is 3.31. The molecule has 100 valence electrons. The number of Topliss-reactive ketones (excluding diaryl/α,β-unsaturated/α-hetero) is 1. The van der Waals surface area contributed by atoms with E-state index in [0.29, 0.717) is 17.7 Å². The fourth-order valence-corrected chi connectivity index (χ4v) is 2.46. The summed E-state index contributed by atoms with van der Waals surface area (Å²) >= 11 is 0. The van der Waals surface area contributed by atoms with Crippen LogP contribution in [0, 0.1) is 6.92 Å². The molecular formula is C16H18O3. The Morgan fingerprint density at radius 3 is 2.58 bits per heavy atom. The van der Waals surface area contributed by atoms with Gasteiger partial charge in [0.25, 0.3) is 0 Å². The molecule has 0 aliphatic rings. The number of phenols is 1. The highest BCUT2D eigenvalue weighted by molar-refractivity contribution is 5.96. The molecule has 0 aliphatic carbocycles. The number of benzene rings is 1. The maximum Gasteiger partial charge on any atom is 0.163 e. The Labute approximate surface area is 112 Å². The predicted molar refractivity (Wildman–Crippen MR) is 73.7 cm³/mol. The molecule has 0 fully saturated rings. The zero-order valence-corrected chi connectivity index (χ0v) is 11.5. The van der Waals surface area contributed by atoms with E-state index in [1.165, 1.54) is 0 Å². The molecule has 2 aromatic rings. The molecule has 0 radical (unpaired) electrons. The molecule has 1 N–H and O–H groups in total. The average Bonchev–Trinajstić information content (AvgIpc) is 2.68. The van der Waals surface area contributed by atoms with Gasteiger partial charge in [0, 0.05) is 17.5 Å². The van der Waals surface area contributed by atoms with Crippen LogP contribution in [-0.4, -0.2) is 10.9 Å². The van der Waals surface area contributed by atoms with Crippen molar-refractivity contribution in [1.29, 1.82) is 0 Å². The van der Waals surface area contributed by atoms with E-state index in [2.05, 4.69) is 0 Å². The van der Waals surface area contributed by atoms with E-state index in [-0.39, 0.29) is 11.5 Å². The van der Waals surface area contributed by atoms with E-state index in [9.17, 15) is 9.90 Å². The number of para-hydroxylation sites is 1. The lowest BCUT2D eigenvalue weighted by Crippen LogP contribution is -1.99. The maximum atomic E-state index is 11.7. The van der Waals surface area contributed by atoms with Crippen molar-refractivity contribution in [2.45, 2.75) is 33.6 Å². The first-order valence-corrected chi connectivity index (χ1v) is 6.43. The van der Waals surface area contributed by atoms with Gasteiger partial charge in [-0.3, -0.25) is 4.79 Å². The lowest BCUT2D eigenvalue weighted by Gasteiger charge is -2.04. The van der Waals surface area contributed by atoms with Gasteiger partial charge in [-0.1, -0.05) is 25.1 Å². The van der Waals surface area contributed by atoms with Crippen molar-refractivity contribution in [2.75, 3.05) is 0 Å². The van der Waals surface area contributed by atoms with Crippen molar-refractivity contribution in [3.8, 4) is 5.75 Å². The van der Waals surface area contributed by atoms with Gasteiger partial charge in [0.1, 0.15) is 17.3 Å². The van der Waals surface area contributed by atoms with Gasteiger partial charge in [-0.15, -0.1) is 0 Å². The average molecular weight is 258 g/mol. The molecule has 0 amide bonds. The van der Waals surface area contributed by atoms with Crippen molar-refractivity contribution in [1.82, 2.24) is 0 Å². The Morgan fingerprint density at radius 2 is 2.00 bits per heavy atom. The monoisotopic (exact) mass is 258 g/mol. The van der Waals surface area contributed by atoms with Crippen molar-refractivity contribution in [2.24, 2.45) is 0 Å². The standard InChI is InChI=1S/C16H18O3/c1-4-13-15(19-11(3)16(13)10(2)17)9-12-7-5-6-8-14(12)18/h5-8,18H,4,9H2,1-3H3. The fourth-order valence-electron chi connectivity index (χ4n) is 2.46. The summed E-state index contributed by atoms with van der Waals surface area (Å²) in [6.07, 6.45) is 1.25. The van der Waals surface area contributed by atoms with E-state index in [4.69, 9.17) is 4.42 Å². The minimum atomic E-state index is 0.0293. The Morgan fingerprint density at radius 1 is 1.32 bits per heavy atom. The molecule has 0 bridgehead atoms. The van der Waals surface area contributed by atoms with Crippen LogP contribution in [0.4, 0.5) is 0 Å². The topological polar surface area (TPSA) is 50.4 Å². The van der Waals surface area contributed by atoms with E-state index in [1.807, 2.05) is 26.0 Å². The number of ketones is 1. The Hall–Kier alpha value is -2.03. The van der Waals surface area contributed by atoms with Crippen molar-refractivity contribution in [3.63, 3.8) is 0 Å². The van der Waals surface area contributed by atoms with Crippen LogP contribution in [0.3, 0.4) is 0 Å². The summed E-state index contributed by atoms with van der Waals surface area (Å²) < 4.78 is 5.72. The molecule has 1 aromatic carbocycles. The second-order valence-electron chi connectivity index (χ2n) is 4.65. The van der Waals surface area contributed by atoms with Crippen LogP contribution in [0.25, 0.3) is 0 Å². The van der Waals surface area contributed by atoms with Gasteiger partial charge in [0.05, 0.1) is 5.56 Å². The van der Waals surface area contributed by atoms with Gasteiger partial charge in [-0.25, -0.2) is 0 Å². The van der Waals surface area contributed by atoms with Gasteiger partial charge in [0.15, 0.2) is 5.78 Å². The Balaban J connectivity index is 2.44. The summed E-state index contributed by atoms with van der Waals surface area (Å²) in [6, 6.07) is 7.18. The third-order valence-corrected chi connectivity index (χ3v) is 3.31. The molecule has 0 aliphatic heterocycles. The minimum Gasteiger partial charge on any atom is -0.508 e. The smallest absolute Gasteiger partial charge is 0.163 e. The number of aryl methyl sites for hydroxylation is 1. The zero-order valence-electron chi connectivity index (χ0n) is 11.5.